The van der Waals surface area contributed by atoms with E-state index in [0.29, 0.717) is 0 Å². The van der Waals surface area contributed by atoms with E-state index in [9.17, 15) is 9.59 Å². The van der Waals surface area contributed by atoms with Crippen LogP contribution >= 0.6 is 11.3 Å². The van der Waals surface area contributed by atoms with Crippen LogP contribution in [0.5, 0.6) is 0 Å². The molecule has 1 aliphatic heterocycles. The van der Waals surface area contributed by atoms with Crippen molar-refractivity contribution < 1.29 is 9.59 Å². The first-order valence-corrected chi connectivity index (χ1v) is 10.8. The molecule has 2 aromatic carbocycles. The van der Waals surface area contributed by atoms with Gasteiger partial charge in [0.2, 0.25) is 11.8 Å². The number of benzene rings is 2. The molecule has 4 rings (SSSR count). The summed E-state index contributed by atoms with van der Waals surface area (Å²) in [5.41, 5.74) is 3.94. The van der Waals surface area contributed by atoms with Gasteiger partial charge in [-0.05, 0) is 40.6 Å². The summed E-state index contributed by atoms with van der Waals surface area (Å²) in [7, 11) is 0. The van der Waals surface area contributed by atoms with E-state index in [0.717, 1.165) is 34.5 Å². The van der Waals surface area contributed by atoms with Gasteiger partial charge in [0.25, 0.3) is 0 Å². The van der Waals surface area contributed by atoms with E-state index in [1.54, 1.807) is 11.3 Å². The van der Waals surface area contributed by atoms with Crippen molar-refractivity contribution in [1.29, 1.82) is 0 Å². The summed E-state index contributed by atoms with van der Waals surface area (Å²) in [6.45, 7) is 2.17. The predicted octanol–water partition coefficient (Wildman–Crippen LogP) is 5.03. The lowest BCUT2D eigenvalue weighted by Crippen LogP contribution is -2.37. The van der Waals surface area contributed by atoms with E-state index in [2.05, 4.69) is 41.8 Å². The van der Waals surface area contributed by atoms with Crippen LogP contribution < -0.4 is 10.6 Å². The van der Waals surface area contributed by atoms with Gasteiger partial charge in [-0.2, -0.15) is 0 Å². The van der Waals surface area contributed by atoms with Crippen molar-refractivity contribution in [2.24, 2.45) is 0 Å². The number of carbonyl (C=O) groups excluding carboxylic acids is 2. The molecule has 3 aromatic rings. The lowest BCUT2D eigenvalue weighted by atomic mass is 9.89. The van der Waals surface area contributed by atoms with Gasteiger partial charge in [0.1, 0.15) is 0 Å². The van der Waals surface area contributed by atoms with Crippen molar-refractivity contribution in [2.45, 2.75) is 38.1 Å². The highest BCUT2D eigenvalue weighted by molar-refractivity contribution is 7.10. The molecule has 2 N–H and O–H groups in total. The molecule has 0 aliphatic carbocycles. The molecule has 0 saturated carbocycles. The minimum absolute atomic E-state index is 0.122. The summed E-state index contributed by atoms with van der Waals surface area (Å²) in [4.78, 5) is 26.5. The van der Waals surface area contributed by atoms with Gasteiger partial charge in [-0.1, -0.05) is 61.9 Å². The van der Waals surface area contributed by atoms with Crippen LogP contribution in [0.15, 0.2) is 66.0 Å². The molecule has 0 spiro atoms. The molecule has 2 amide bonds. The number of rotatable bonds is 6. The molecule has 5 heteroatoms. The predicted molar refractivity (Wildman–Crippen MR) is 117 cm³/mol. The van der Waals surface area contributed by atoms with Gasteiger partial charge in [-0.15, -0.1) is 11.3 Å². The van der Waals surface area contributed by atoms with Gasteiger partial charge in [0.05, 0.1) is 12.0 Å². The van der Waals surface area contributed by atoms with Gasteiger partial charge in [-0.25, -0.2) is 0 Å². The fourth-order valence-electron chi connectivity index (χ4n) is 3.83. The van der Waals surface area contributed by atoms with Crippen LogP contribution in [0.3, 0.4) is 0 Å². The second-order valence-electron chi connectivity index (χ2n) is 7.34. The maximum absolute atomic E-state index is 13.3. The lowest BCUT2D eigenvalue weighted by molar-refractivity contribution is -0.126. The molecule has 0 bridgehead atoms. The van der Waals surface area contributed by atoms with Crippen LogP contribution in [0.4, 0.5) is 5.69 Å². The van der Waals surface area contributed by atoms with Crippen molar-refractivity contribution in [3.05, 3.63) is 87.6 Å². The molecule has 0 radical (unpaired) electrons. The SMILES string of the molecule is CCCc1ccc([C@@H](NC(=O)[C@@H]2CC(=O)Nc3ccccc32)c2cccs2)cc1. The Hall–Kier alpha value is -2.92. The molecule has 0 unspecified atom stereocenters. The zero-order valence-corrected chi connectivity index (χ0v) is 17.2. The Morgan fingerprint density at radius 3 is 2.66 bits per heavy atom. The Bertz CT molecular complexity index is 996. The first kappa shape index (κ1) is 19.4. The fourth-order valence-corrected chi connectivity index (χ4v) is 4.63. The molecule has 0 saturated heterocycles. The summed E-state index contributed by atoms with van der Waals surface area (Å²) < 4.78 is 0. The van der Waals surface area contributed by atoms with E-state index in [4.69, 9.17) is 0 Å². The Morgan fingerprint density at radius 2 is 1.93 bits per heavy atom. The summed E-state index contributed by atoms with van der Waals surface area (Å²) in [5.74, 6) is -0.731. The maximum Gasteiger partial charge on any atom is 0.228 e. The van der Waals surface area contributed by atoms with Crippen LogP contribution in [-0.4, -0.2) is 11.8 Å². The topological polar surface area (TPSA) is 58.2 Å². The number of hydrogen-bond donors (Lipinski definition) is 2. The standard InChI is InChI=1S/C24H24N2O2S/c1-2-6-16-10-12-17(13-11-16)23(21-9-5-14-29-21)26-24(28)19-15-22(27)25-20-8-4-3-7-18(19)20/h3-5,7-14,19,23H,2,6,15H2,1H3,(H,25,27)(H,26,28)/t19-,23-/m1/s1. The molecule has 148 valence electrons. The number of amides is 2. The van der Waals surface area contributed by atoms with E-state index in [1.165, 1.54) is 5.56 Å². The molecular formula is C24H24N2O2S. The average Bonchev–Trinajstić information content (AvgIpc) is 3.27. The smallest absolute Gasteiger partial charge is 0.228 e. The summed E-state index contributed by atoms with van der Waals surface area (Å²) in [6, 6.07) is 19.8. The van der Waals surface area contributed by atoms with E-state index in [-0.39, 0.29) is 24.3 Å². The van der Waals surface area contributed by atoms with Crippen LogP contribution in [-0.2, 0) is 16.0 Å². The Labute approximate surface area is 175 Å². The molecule has 2 heterocycles. The molecular weight excluding hydrogens is 380 g/mol. The Morgan fingerprint density at radius 1 is 1.14 bits per heavy atom. The largest absolute Gasteiger partial charge is 0.344 e. The number of nitrogens with one attached hydrogen (secondary N) is 2. The average molecular weight is 405 g/mol. The molecule has 0 fully saturated rings. The minimum atomic E-state index is -0.484. The molecule has 29 heavy (non-hydrogen) atoms. The third kappa shape index (κ3) is 4.25. The Kier molecular flexibility index (Phi) is 5.76. The number of thiophene rings is 1. The van der Waals surface area contributed by atoms with E-state index >= 15 is 0 Å². The molecule has 1 aliphatic rings. The molecule has 2 atom stereocenters. The van der Waals surface area contributed by atoms with E-state index < -0.39 is 5.92 Å². The van der Waals surface area contributed by atoms with Crippen molar-refractivity contribution in [3.8, 4) is 0 Å². The Balaban J connectivity index is 1.62. The minimum Gasteiger partial charge on any atom is -0.344 e. The summed E-state index contributed by atoms with van der Waals surface area (Å²) >= 11 is 1.62. The van der Waals surface area contributed by atoms with Crippen molar-refractivity contribution in [1.82, 2.24) is 5.32 Å². The summed E-state index contributed by atoms with van der Waals surface area (Å²) in [5, 5.41) is 8.09. The third-order valence-electron chi connectivity index (χ3n) is 5.28. The normalized spacial score (nSPS) is 16.6. The molecule has 1 aromatic heterocycles. The second kappa shape index (κ2) is 8.62. The maximum atomic E-state index is 13.3. The van der Waals surface area contributed by atoms with Crippen LogP contribution in [0.25, 0.3) is 0 Å². The van der Waals surface area contributed by atoms with Crippen LogP contribution in [0, 0.1) is 0 Å². The number of hydrogen-bond acceptors (Lipinski definition) is 3. The van der Waals surface area contributed by atoms with Gasteiger partial charge < -0.3 is 10.6 Å². The van der Waals surface area contributed by atoms with Crippen molar-refractivity contribution >= 4 is 28.8 Å². The monoisotopic (exact) mass is 404 g/mol. The van der Waals surface area contributed by atoms with Gasteiger partial charge in [0, 0.05) is 17.0 Å². The van der Waals surface area contributed by atoms with E-state index in [1.807, 2.05) is 41.8 Å². The van der Waals surface area contributed by atoms with Crippen molar-refractivity contribution in [3.63, 3.8) is 0 Å². The quantitative estimate of drug-likeness (QED) is 0.605. The first-order valence-electron chi connectivity index (χ1n) is 9.97. The lowest BCUT2D eigenvalue weighted by Gasteiger charge is -2.27. The number of para-hydroxylation sites is 1. The van der Waals surface area contributed by atoms with Crippen LogP contribution in [0.1, 0.15) is 53.3 Å². The number of fused-ring (bicyclic) bond motifs is 1. The van der Waals surface area contributed by atoms with Gasteiger partial charge >= 0.3 is 0 Å². The second-order valence-corrected chi connectivity index (χ2v) is 8.32. The highest BCUT2D eigenvalue weighted by Gasteiger charge is 2.32. The first-order chi connectivity index (χ1) is 14.2. The zero-order valence-electron chi connectivity index (χ0n) is 16.4. The number of aryl methyl sites for hydroxylation is 1. The number of carbonyl (C=O) groups is 2. The summed E-state index contributed by atoms with van der Waals surface area (Å²) in [6.07, 6.45) is 2.31. The van der Waals surface area contributed by atoms with Crippen LogP contribution in [0.2, 0.25) is 0 Å². The highest BCUT2D eigenvalue weighted by Crippen LogP contribution is 2.34. The van der Waals surface area contributed by atoms with Crippen molar-refractivity contribution in [2.75, 3.05) is 5.32 Å². The molecule has 4 nitrogen and oxygen atoms in total. The number of anilines is 1. The zero-order chi connectivity index (χ0) is 20.2. The van der Waals surface area contributed by atoms with Gasteiger partial charge in [0.15, 0.2) is 0 Å². The highest BCUT2D eigenvalue weighted by atomic mass is 32.1. The van der Waals surface area contributed by atoms with Gasteiger partial charge in [-0.3, -0.25) is 9.59 Å². The third-order valence-corrected chi connectivity index (χ3v) is 6.22. The fraction of sp³-hybridized carbons (Fsp3) is 0.250.